The van der Waals surface area contributed by atoms with E-state index in [2.05, 4.69) is 23.4 Å². The molecule has 0 saturated carbocycles. The number of aliphatic hydroxyl groups is 1. The molecule has 1 aromatic carbocycles. The van der Waals surface area contributed by atoms with Gasteiger partial charge < -0.3 is 39.2 Å². The van der Waals surface area contributed by atoms with Gasteiger partial charge in [-0.3, -0.25) is 24.1 Å². The van der Waals surface area contributed by atoms with E-state index in [1.54, 1.807) is 17.1 Å². The van der Waals surface area contributed by atoms with E-state index in [4.69, 9.17) is 18.9 Å². The van der Waals surface area contributed by atoms with Gasteiger partial charge in [0, 0.05) is 46.3 Å². The summed E-state index contributed by atoms with van der Waals surface area (Å²) in [4.78, 5) is 62.4. The number of carbonyl (C=O) groups is 4. The van der Waals surface area contributed by atoms with Crippen LogP contribution in [-0.2, 0) is 38.1 Å². The highest BCUT2D eigenvalue weighted by Crippen LogP contribution is 2.59. The Balaban J connectivity index is 1.47. The van der Waals surface area contributed by atoms with Crippen molar-refractivity contribution in [2.75, 3.05) is 66.3 Å². The van der Waals surface area contributed by atoms with E-state index in [1.165, 1.54) is 12.0 Å². The van der Waals surface area contributed by atoms with E-state index < -0.39 is 59.6 Å². The number of morpholine rings is 1. The van der Waals surface area contributed by atoms with Gasteiger partial charge in [0.1, 0.15) is 17.7 Å². The lowest BCUT2D eigenvalue weighted by molar-refractivity contribution is -0.164. The number of likely N-dealkylation sites (tertiary alicyclic amines) is 1. The Morgan fingerprint density at radius 3 is 2.52 bits per heavy atom. The number of ether oxygens (including phenoxy) is 4. The van der Waals surface area contributed by atoms with Crippen molar-refractivity contribution in [1.29, 1.82) is 0 Å². The largest absolute Gasteiger partial charge is 0.455 e. The molecule has 0 aliphatic carbocycles. The zero-order chi connectivity index (χ0) is 37.4. The second-order valence-electron chi connectivity index (χ2n) is 14.5. The maximum Gasteiger partial charge on any atom is 0.313 e. The predicted molar refractivity (Wildman–Crippen MR) is 193 cm³/mol. The van der Waals surface area contributed by atoms with Crippen LogP contribution in [0.15, 0.2) is 55.6 Å². The van der Waals surface area contributed by atoms with E-state index in [0.29, 0.717) is 51.1 Å². The van der Waals surface area contributed by atoms with Crippen LogP contribution in [0.2, 0.25) is 0 Å². The van der Waals surface area contributed by atoms with Gasteiger partial charge in [-0.1, -0.05) is 56.3 Å². The van der Waals surface area contributed by atoms with Gasteiger partial charge >= 0.3 is 5.97 Å². The molecule has 13 nitrogen and oxygen atoms in total. The molecule has 1 aromatic rings. The lowest BCUT2D eigenvalue weighted by atomic mass is 9.70. The Hall–Kier alpha value is -3.62. The zero-order valence-electron chi connectivity index (χ0n) is 30.8. The molecule has 4 fully saturated rings. The van der Waals surface area contributed by atoms with Crippen molar-refractivity contribution in [2.24, 2.45) is 17.8 Å². The van der Waals surface area contributed by atoms with Crippen molar-refractivity contribution >= 4 is 23.7 Å². The summed E-state index contributed by atoms with van der Waals surface area (Å²) in [7, 11) is 1.51. The number of allylic oxidation sites excluding steroid dienone is 1. The van der Waals surface area contributed by atoms with Crippen molar-refractivity contribution in [3.63, 3.8) is 0 Å². The number of aliphatic hydroxyl groups excluding tert-OH is 1. The zero-order valence-corrected chi connectivity index (χ0v) is 30.8. The quantitative estimate of drug-likeness (QED) is 0.161. The number of rotatable bonds is 19. The second-order valence-corrected chi connectivity index (χ2v) is 14.5. The number of carbonyl (C=O) groups excluding carboxylic acids is 4. The lowest BCUT2D eigenvalue weighted by Gasteiger charge is -2.40. The third-order valence-electron chi connectivity index (χ3n) is 11.0. The minimum atomic E-state index is -1.28. The summed E-state index contributed by atoms with van der Waals surface area (Å²) in [5.74, 6) is -3.76. The standard InChI is InChI=1S/C39H56N4O9/c1-6-8-14-31(45)40-28(25-49-5)34(27-12-10-9-11-13-27)51-38(48)32-30-15-16-39(52-30)33(32)36(46)43(29(24-44)26(3)4)35(39)37(47)42(17-7-2)19-18-41-20-22-50-23-21-41/h6-7,9-13,26,28-30,32-35,44H,1-2,8,14-25H2,3-5H3,(H,40,45)/t28-,29+,30+,32-,33-,34-,35+,39-/m1/s1. The van der Waals surface area contributed by atoms with Gasteiger partial charge in [0.25, 0.3) is 0 Å². The first-order valence-electron chi connectivity index (χ1n) is 18.6. The van der Waals surface area contributed by atoms with E-state index >= 15 is 0 Å². The molecule has 286 valence electrons. The molecule has 0 radical (unpaired) electrons. The average molecular weight is 725 g/mol. The van der Waals surface area contributed by atoms with E-state index in [9.17, 15) is 24.3 Å². The van der Waals surface area contributed by atoms with Crippen LogP contribution in [0.25, 0.3) is 0 Å². The van der Waals surface area contributed by atoms with E-state index in [1.807, 2.05) is 44.2 Å². The number of hydrogen-bond donors (Lipinski definition) is 2. The van der Waals surface area contributed by atoms with Crippen molar-refractivity contribution in [1.82, 2.24) is 20.0 Å². The Bertz CT molecular complexity index is 1420. The highest BCUT2D eigenvalue weighted by atomic mass is 16.6. The van der Waals surface area contributed by atoms with Crippen LogP contribution in [0.3, 0.4) is 0 Å². The molecule has 8 atom stereocenters. The first-order valence-corrected chi connectivity index (χ1v) is 18.6. The SMILES string of the molecule is C=CCCC(=O)N[C@H](COC)[C@H](OC(=O)[C@@H]1[C@@H]2CC[C@]3(O2)[C@H](C(=O)N(CC=C)CCN2CCOCC2)N([C@@H](CO)C(C)C)C(=O)[C@@H]13)c1ccccc1. The van der Waals surface area contributed by atoms with Crippen LogP contribution in [0, 0.1) is 17.8 Å². The molecule has 13 heteroatoms. The Labute approximate surface area is 307 Å². The summed E-state index contributed by atoms with van der Waals surface area (Å²) in [5.41, 5.74) is -0.635. The fourth-order valence-corrected chi connectivity index (χ4v) is 8.45. The number of methoxy groups -OCH3 is 1. The molecule has 1 spiro atoms. The summed E-state index contributed by atoms with van der Waals surface area (Å²) < 4.78 is 24.0. The van der Waals surface area contributed by atoms with Crippen LogP contribution in [0.5, 0.6) is 0 Å². The molecule has 2 bridgehead atoms. The molecule has 4 heterocycles. The van der Waals surface area contributed by atoms with Crippen LogP contribution in [0.1, 0.15) is 51.2 Å². The first-order chi connectivity index (χ1) is 25.1. The first kappa shape index (κ1) is 39.6. The molecule has 5 rings (SSSR count). The maximum atomic E-state index is 14.8. The lowest BCUT2D eigenvalue weighted by Crippen LogP contribution is -2.60. The summed E-state index contributed by atoms with van der Waals surface area (Å²) in [5, 5.41) is 13.6. The summed E-state index contributed by atoms with van der Waals surface area (Å²) in [6.07, 6.45) is 3.29. The van der Waals surface area contributed by atoms with Gasteiger partial charge in [0.15, 0.2) is 0 Å². The van der Waals surface area contributed by atoms with Gasteiger partial charge in [-0.2, -0.15) is 0 Å². The minimum absolute atomic E-state index is 0.0596. The minimum Gasteiger partial charge on any atom is -0.455 e. The summed E-state index contributed by atoms with van der Waals surface area (Å²) in [6, 6.07) is 6.64. The highest BCUT2D eigenvalue weighted by Gasteiger charge is 2.76. The van der Waals surface area contributed by atoms with Gasteiger partial charge in [0.05, 0.1) is 56.5 Å². The Kier molecular flexibility index (Phi) is 13.7. The molecule has 4 saturated heterocycles. The van der Waals surface area contributed by atoms with Gasteiger partial charge in [0.2, 0.25) is 17.7 Å². The van der Waals surface area contributed by atoms with Crippen LogP contribution in [-0.4, -0.2) is 140 Å². The van der Waals surface area contributed by atoms with Gasteiger partial charge in [-0.25, -0.2) is 0 Å². The van der Waals surface area contributed by atoms with Gasteiger partial charge in [-0.05, 0) is 30.7 Å². The Morgan fingerprint density at radius 2 is 1.88 bits per heavy atom. The number of esters is 1. The number of nitrogens with one attached hydrogen (secondary N) is 1. The monoisotopic (exact) mass is 724 g/mol. The molecule has 2 N–H and O–H groups in total. The molecule has 0 unspecified atom stereocenters. The van der Waals surface area contributed by atoms with Crippen molar-refractivity contribution in [2.45, 2.75) is 75.5 Å². The second kappa shape index (κ2) is 17.9. The molecule has 0 aromatic heterocycles. The summed E-state index contributed by atoms with van der Waals surface area (Å²) >= 11 is 0. The van der Waals surface area contributed by atoms with Gasteiger partial charge in [-0.15, -0.1) is 13.2 Å². The molecular weight excluding hydrogens is 668 g/mol. The fourth-order valence-electron chi connectivity index (χ4n) is 8.45. The molecule has 4 aliphatic rings. The normalized spacial score (nSPS) is 27.2. The fraction of sp³-hybridized carbons (Fsp3) is 0.641. The molecular formula is C39H56N4O9. The third kappa shape index (κ3) is 8.13. The number of hydrogen-bond acceptors (Lipinski definition) is 10. The predicted octanol–water partition coefficient (Wildman–Crippen LogP) is 2.11. The van der Waals surface area contributed by atoms with Crippen LogP contribution < -0.4 is 5.32 Å². The van der Waals surface area contributed by atoms with Crippen LogP contribution >= 0.6 is 0 Å². The van der Waals surface area contributed by atoms with Crippen molar-refractivity contribution in [3.05, 3.63) is 61.2 Å². The number of benzene rings is 1. The third-order valence-corrected chi connectivity index (χ3v) is 11.0. The van der Waals surface area contributed by atoms with E-state index in [0.717, 1.165) is 13.1 Å². The van der Waals surface area contributed by atoms with Crippen molar-refractivity contribution in [3.8, 4) is 0 Å². The average Bonchev–Trinajstić information content (AvgIpc) is 3.79. The number of nitrogens with zero attached hydrogens (tertiary/aromatic N) is 3. The number of fused-ring (bicyclic) bond motifs is 1. The van der Waals surface area contributed by atoms with Crippen molar-refractivity contribution < 1.29 is 43.2 Å². The highest BCUT2D eigenvalue weighted by molar-refractivity contribution is 5.98. The molecule has 3 amide bonds. The smallest absolute Gasteiger partial charge is 0.313 e. The van der Waals surface area contributed by atoms with E-state index in [-0.39, 0.29) is 43.9 Å². The van der Waals surface area contributed by atoms with Crippen LogP contribution in [0.4, 0.5) is 0 Å². The Morgan fingerprint density at radius 1 is 1.15 bits per heavy atom. The summed E-state index contributed by atoms with van der Waals surface area (Å²) in [6.45, 7) is 15.2. The maximum absolute atomic E-state index is 14.8. The topological polar surface area (TPSA) is 147 Å². The number of amides is 3. The molecule has 52 heavy (non-hydrogen) atoms. The molecule has 4 aliphatic heterocycles.